The molecular weight excluding hydrogens is 257 g/mol. The second kappa shape index (κ2) is 5.56. The van der Waals surface area contributed by atoms with E-state index in [1.807, 2.05) is 0 Å². The Morgan fingerprint density at radius 2 is 1.84 bits per heavy atom. The molecule has 0 aliphatic rings. The van der Waals surface area contributed by atoms with Crippen molar-refractivity contribution in [1.82, 2.24) is 0 Å². The number of ether oxygens (including phenoxy) is 1. The highest BCUT2D eigenvalue weighted by Gasteiger charge is 2.14. The average Bonchev–Trinajstić information content (AvgIpc) is 2.44. The molecule has 0 radical (unpaired) electrons. The molecule has 0 aliphatic heterocycles. The van der Waals surface area contributed by atoms with Crippen LogP contribution in [0.15, 0.2) is 36.4 Å². The Labute approximate surface area is 107 Å². The number of rotatable bonds is 4. The molecule has 0 amide bonds. The lowest BCUT2D eigenvalue weighted by Gasteiger charge is -2.08. The van der Waals surface area contributed by atoms with E-state index in [9.17, 15) is 18.0 Å². The van der Waals surface area contributed by atoms with E-state index in [0.717, 1.165) is 12.1 Å². The highest BCUT2D eigenvalue weighted by atomic mass is 19.2. The first-order valence-electron chi connectivity index (χ1n) is 5.42. The van der Waals surface area contributed by atoms with Gasteiger partial charge in [0.05, 0.1) is 0 Å². The zero-order valence-corrected chi connectivity index (χ0v) is 9.70. The van der Waals surface area contributed by atoms with Gasteiger partial charge in [0.1, 0.15) is 12.9 Å². The number of halogens is 3. The third kappa shape index (κ3) is 2.93. The quantitative estimate of drug-likeness (QED) is 0.625. The van der Waals surface area contributed by atoms with Crippen molar-refractivity contribution in [3.63, 3.8) is 0 Å². The molecule has 0 saturated heterocycles. The molecule has 2 aromatic carbocycles. The maximum atomic E-state index is 13.3. The standard InChI is InChI=1S/C14H9F3O2/c15-11-4-5-12(14(17)13(11)16)19-8-10-3-1-2-9(6-10)7-18/h1-7H,8H2. The molecule has 2 rings (SSSR count). The summed E-state index contributed by atoms with van der Waals surface area (Å²) in [4.78, 5) is 10.6. The molecule has 0 N–H and O–H groups in total. The first-order valence-corrected chi connectivity index (χ1v) is 5.42. The van der Waals surface area contributed by atoms with Gasteiger partial charge in [0, 0.05) is 5.56 Å². The Balaban J connectivity index is 2.14. The lowest BCUT2D eigenvalue weighted by atomic mass is 10.1. The minimum atomic E-state index is -1.57. The van der Waals surface area contributed by atoms with Crippen LogP contribution in [0.4, 0.5) is 13.2 Å². The first kappa shape index (κ1) is 13.1. The molecule has 0 aliphatic carbocycles. The summed E-state index contributed by atoms with van der Waals surface area (Å²) in [5.41, 5.74) is 1.07. The van der Waals surface area contributed by atoms with Crippen molar-refractivity contribution < 1.29 is 22.7 Å². The van der Waals surface area contributed by atoms with Gasteiger partial charge in [-0.05, 0) is 23.8 Å². The van der Waals surface area contributed by atoms with E-state index >= 15 is 0 Å². The molecule has 98 valence electrons. The van der Waals surface area contributed by atoms with E-state index in [4.69, 9.17) is 4.74 Å². The Morgan fingerprint density at radius 1 is 1.05 bits per heavy atom. The van der Waals surface area contributed by atoms with Crippen molar-refractivity contribution in [2.75, 3.05) is 0 Å². The average molecular weight is 266 g/mol. The fourth-order valence-electron chi connectivity index (χ4n) is 1.54. The molecule has 5 heteroatoms. The predicted octanol–water partition coefficient (Wildman–Crippen LogP) is 3.50. The van der Waals surface area contributed by atoms with Gasteiger partial charge in [-0.15, -0.1) is 0 Å². The van der Waals surface area contributed by atoms with E-state index in [1.165, 1.54) is 0 Å². The monoisotopic (exact) mass is 266 g/mol. The number of aldehydes is 1. The molecule has 0 unspecified atom stereocenters. The van der Waals surface area contributed by atoms with E-state index in [2.05, 4.69) is 0 Å². The van der Waals surface area contributed by atoms with E-state index < -0.39 is 17.5 Å². The van der Waals surface area contributed by atoms with Crippen molar-refractivity contribution in [1.29, 1.82) is 0 Å². The molecule has 0 heterocycles. The maximum absolute atomic E-state index is 13.3. The van der Waals surface area contributed by atoms with Gasteiger partial charge in [-0.25, -0.2) is 8.78 Å². The van der Waals surface area contributed by atoms with Crippen molar-refractivity contribution in [2.45, 2.75) is 6.61 Å². The molecule has 2 aromatic rings. The largest absolute Gasteiger partial charge is 0.486 e. The fourth-order valence-corrected chi connectivity index (χ4v) is 1.54. The smallest absolute Gasteiger partial charge is 0.203 e. The van der Waals surface area contributed by atoms with Crippen LogP contribution in [0.1, 0.15) is 15.9 Å². The van der Waals surface area contributed by atoms with Crippen molar-refractivity contribution in [3.8, 4) is 5.75 Å². The van der Waals surface area contributed by atoms with Crippen LogP contribution in [-0.2, 0) is 6.61 Å². The summed E-state index contributed by atoms with van der Waals surface area (Å²) in [7, 11) is 0. The number of carbonyl (C=O) groups excluding carboxylic acids is 1. The van der Waals surface area contributed by atoms with Gasteiger partial charge in [-0.1, -0.05) is 18.2 Å². The molecule has 0 spiro atoms. The van der Waals surface area contributed by atoms with Gasteiger partial charge in [-0.2, -0.15) is 4.39 Å². The van der Waals surface area contributed by atoms with Crippen molar-refractivity contribution >= 4 is 6.29 Å². The summed E-state index contributed by atoms with van der Waals surface area (Å²) in [6.45, 7) is -0.0519. The Bertz CT molecular complexity index is 612. The van der Waals surface area contributed by atoms with Crippen molar-refractivity contribution in [3.05, 3.63) is 65.0 Å². The van der Waals surface area contributed by atoms with Crippen LogP contribution in [0.2, 0.25) is 0 Å². The SMILES string of the molecule is O=Cc1cccc(COc2ccc(F)c(F)c2F)c1. The number of carbonyl (C=O) groups is 1. The van der Waals surface area contributed by atoms with Gasteiger partial charge in [0.15, 0.2) is 17.4 Å². The minimum absolute atomic E-state index is 0.0519. The summed E-state index contributed by atoms with van der Waals surface area (Å²) in [6, 6.07) is 8.28. The molecule has 0 bridgehead atoms. The Morgan fingerprint density at radius 3 is 2.58 bits per heavy atom. The topological polar surface area (TPSA) is 26.3 Å². The van der Waals surface area contributed by atoms with Crippen LogP contribution >= 0.6 is 0 Å². The van der Waals surface area contributed by atoms with Crippen LogP contribution in [0, 0.1) is 17.5 Å². The molecule has 0 fully saturated rings. The molecule has 0 aromatic heterocycles. The molecule has 0 atom stereocenters. The molecule has 2 nitrogen and oxygen atoms in total. The third-order valence-corrected chi connectivity index (χ3v) is 2.48. The van der Waals surface area contributed by atoms with Gasteiger partial charge in [0.2, 0.25) is 5.82 Å². The highest BCUT2D eigenvalue weighted by Crippen LogP contribution is 2.22. The van der Waals surface area contributed by atoms with Crippen LogP contribution in [0.25, 0.3) is 0 Å². The van der Waals surface area contributed by atoms with Crippen LogP contribution in [0.3, 0.4) is 0 Å². The van der Waals surface area contributed by atoms with E-state index in [1.54, 1.807) is 24.3 Å². The van der Waals surface area contributed by atoms with Crippen LogP contribution < -0.4 is 4.74 Å². The minimum Gasteiger partial charge on any atom is -0.486 e. The third-order valence-electron chi connectivity index (χ3n) is 2.48. The Kier molecular flexibility index (Phi) is 3.85. The van der Waals surface area contributed by atoms with Gasteiger partial charge >= 0.3 is 0 Å². The van der Waals surface area contributed by atoms with Gasteiger partial charge in [-0.3, -0.25) is 4.79 Å². The highest BCUT2D eigenvalue weighted by molar-refractivity contribution is 5.74. The summed E-state index contributed by atoms with van der Waals surface area (Å²) in [5, 5.41) is 0. The van der Waals surface area contributed by atoms with Gasteiger partial charge in [0.25, 0.3) is 0 Å². The zero-order valence-electron chi connectivity index (χ0n) is 9.70. The van der Waals surface area contributed by atoms with E-state index in [0.29, 0.717) is 17.4 Å². The maximum Gasteiger partial charge on any atom is 0.203 e. The number of hydrogen-bond donors (Lipinski definition) is 0. The lowest BCUT2D eigenvalue weighted by molar-refractivity contribution is 0.112. The zero-order chi connectivity index (χ0) is 13.8. The summed E-state index contributed by atoms with van der Waals surface area (Å²) >= 11 is 0. The number of hydrogen-bond acceptors (Lipinski definition) is 2. The van der Waals surface area contributed by atoms with Gasteiger partial charge < -0.3 is 4.74 Å². The van der Waals surface area contributed by atoms with Crippen molar-refractivity contribution in [2.24, 2.45) is 0 Å². The molecule has 0 saturated carbocycles. The fraction of sp³-hybridized carbons (Fsp3) is 0.0714. The molecular formula is C14H9F3O2. The Hall–Kier alpha value is -2.30. The normalized spacial score (nSPS) is 10.3. The second-order valence-electron chi connectivity index (χ2n) is 3.83. The summed E-state index contributed by atoms with van der Waals surface area (Å²) < 4.78 is 44.0. The number of benzene rings is 2. The second-order valence-corrected chi connectivity index (χ2v) is 3.83. The van der Waals surface area contributed by atoms with Crippen LogP contribution in [0.5, 0.6) is 5.75 Å². The first-order chi connectivity index (χ1) is 9.11. The van der Waals surface area contributed by atoms with Crippen LogP contribution in [-0.4, -0.2) is 6.29 Å². The summed E-state index contributed by atoms with van der Waals surface area (Å²) in [5.74, 6) is -4.59. The predicted molar refractivity (Wildman–Crippen MR) is 62.5 cm³/mol. The summed E-state index contributed by atoms with van der Waals surface area (Å²) in [6.07, 6.45) is 0.668. The van der Waals surface area contributed by atoms with E-state index in [-0.39, 0.29) is 12.4 Å². The molecule has 19 heavy (non-hydrogen) atoms. The lowest BCUT2D eigenvalue weighted by Crippen LogP contribution is -2.00.